The van der Waals surface area contributed by atoms with Gasteiger partial charge in [-0.2, -0.15) is 5.26 Å². The lowest BCUT2D eigenvalue weighted by molar-refractivity contribution is -0.156. The summed E-state index contributed by atoms with van der Waals surface area (Å²) in [6.07, 6.45) is 3.19. The van der Waals surface area contributed by atoms with Crippen LogP contribution < -0.4 is 10.1 Å². The first-order chi connectivity index (χ1) is 14.4. The molecular formula is C24H28N2O4. The molecule has 0 radical (unpaired) electrons. The standard InChI is InChI=1S/C24H28N2O4/c1-16(18-7-8-20-14-21(29-3)10-9-19(20)13-18)23(28)30-17(2)22(27)26-24(15-25)11-5-4-6-12-24/h7-10,13-14,16-17H,4-6,11-12H2,1-3H3,(H,26,27)/t16-,17+/m0/s1. The number of ether oxygens (including phenoxy) is 2. The third-order valence-electron chi connectivity index (χ3n) is 5.87. The molecule has 2 aromatic carbocycles. The summed E-state index contributed by atoms with van der Waals surface area (Å²) >= 11 is 0. The first-order valence-corrected chi connectivity index (χ1v) is 10.4. The van der Waals surface area contributed by atoms with Crippen LogP contribution in [-0.4, -0.2) is 30.6 Å². The molecule has 6 nitrogen and oxygen atoms in total. The maximum Gasteiger partial charge on any atom is 0.313 e. The predicted molar refractivity (Wildman–Crippen MR) is 114 cm³/mol. The smallest absolute Gasteiger partial charge is 0.313 e. The topological polar surface area (TPSA) is 88.4 Å². The van der Waals surface area contributed by atoms with Gasteiger partial charge in [0.25, 0.3) is 5.91 Å². The second kappa shape index (κ2) is 9.17. The van der Waals surface area contributed by atoms with Gasteiger partial charge in [-0.25, -0.2) is 0 Å². The van der Waals surface area contributed by atoms with E-state index < -0.39 is 29.4 Å². The Hall–Kier alpha value is -3.07. The van der Waals surface area contributed by atoms with Crippen LogP contribution in [0.1, 0.15) is 57.4 Å². The van der Waals surface area contributed by atoms with Crippen molar-refractivity contribution in [2.45, 2.75) is 63.5 Å². The van der Waals surface area contributed by atoms with Gasteiger partial charge in [0.1, 0.15) is 11.3 Å². The van der Waals surface area contributed by atoms with Crippen LogP contribution in [0.2, 0.25) is 0 Å². The maximum absolute atomic E-state index is 12.6. The van der Waals surface area contributed by atoms with Gasteiger partial charge < -0.3 is 14.8 Å². The van der Waals surface area contributed by atoms with Crippen molar-refractivity contribution >= 4 is 22.6 Å². The number of rotatable bonds is 6. The fourth-order valence-electron chi connectivity index (χ4n) is 3.86. The number of carbonyl (C=O) groups is 2. The molecule has 0 saturated heterocycles. The number of nitrogens with zero attached hydrogens (tertiary/aromatic N) is 1. The van der Waals surface area contributed by atoms with Crippen molar-refractivity contribution in [3.8, 4) is 11.8 Å². The SMILES string of the molecule is COc1ccc2cc([C@H](C)C(=O)O[C@H](C)C(=O)NC3(C#N)CCCCC3)ccc2c1. The molecule has 0 aromatic heterocycles. The van der Waals surface area contributed by atoms with Gasteiger partial charge >= 0.3 is 5.97 Å². The Kier molecular flexibility index (Phi) is 6.61. The van der Waals surface area contributed by atoms with Crippen LogP contribution in [0.25, 0.3) is 10.8 Å². The highest BCUT2D eigenvalue weighted by atomic mass is 16.5. The van der Waals surface area contributed by atoms with Crippen molar-refractivity contribution in [3.05, 3.63) is 42.0 Å². The Morgan fingerprint density at radius 2 is 1.73 bits per heavy atom. The number of amides is 1. The third-order valence-corrected chi connectivity index (χ3v) is 5.87. The van der Waals surface area contributed by atoms with E-state index in [1.54, 1.807) is 21.0 Å². The van der Waals surface area contributed by atoms with Gasteiger partial charge in [-0.3, -0.25) is 9.59 Å². The fourth-order valence-corrected chi connectivity index (χ4v) is 3.86. The molecule has 0 unspecified atom stereocenters. The van der Waals surface area contributed by atoms with E-state index in [1.165, 1.54) is 0 Å². The molecule has 30 heavy (non-hydrogen) atoms. The molecule has 158 valence electrons. The summed E-state index contributed by atoms with van der Waals surface area (Å²) in [5.41, 5.74) is -0.0351. The second-order valence-corrected chi connectivity index (χ2v) is 8.02. The zero-order chi connectivity index (χ0) is 21.7. The molecular weight excluding hydrogens is 380 g/mol. The average molecular weight is 408 g/mol. The van der Waals surface area contributed by atoms with Crippen LogP contribution in [0.15, 0.2) is 36.4 Å². The number of hydrogen-bond donors (Lipinski definition) is 1. The van der Waals surface area contributed by atoms with Crippen molar-refractivity contribution in [3.63, 3.8) is 0 Å². The summed E-state index contributed by atoms with van der Waals surface area (Å²) in [5.74, 6) is -0.646. The van der Waals surface area contributed by atoms with Gasteiger partial charge in [-0.15, -0.1) is 0 Å². The molecule has 6 heteroatoms. The zero-order valence-corrected chi connectivity index (χ0v) is 17.7. The largest absolute Gasteiger partial charge is 0.497 e. The zero-order valence-electron chi connectivity index (χ0n) is 17.7. The highest BCUT2D eigenvalue weighted by Crippen LogP contribution is 2.28. The van der Waals surface area contributed by atoms with Crippen LogP contribution >= 0.6 is 0 Å². The van der Waals surface area contributed by atoms with Gasteiger partial charge in [0.15, 0.2) is 6.10 Å². The first-order valence-electron chi connectivity index (χ1n) is 10.4. The molecule has 1 saturated carbocycles. The molecule has 3 rings (SSSR count). The average Bonchev–Trinajstić information content (AvgIpc) is 2.78. The minimum absolute atomic E-state index is 0.426. The minimum Gasteiger partial charge on any atom is -0.497 e. The van der Waals surface area contributed by atoms with Crippen LogP contribution in [0.5, 0.6) is 5.75 Å². The Morgan fingerprint density at radius 3 is 2.40 bits per heavy atom. The summed E-state index contributed by atoms with van der Waals surface area (Å²) < 4.78 is 10.7. The molecule has 1 aliphatic rings. The lowest BCUT2D eigenvalue weighted by Crippen LogP contribution is -2.52. The number of hydrogen-bond acceptors (Lipinski definition) is 5. The van der Waals surface area contributed by atoms with Gasteiger partial charge in [0.05, 0.1) is 19.1 Å². The molecule has 2 atom stereocenters. The van der Waals surface area contributed by atoms with Gasteiger partial charge in [-0.05, 0) is 55.2 Å². The summed E-state index contributed by atoms with van der Waals surface area (Å²) in [4.78, 5) is 25.2. The number of nitriles is 1. The van der Waals surface area contributed by atoms with E-state index in [9.17, 15) is 14.9 Å². The summed E-state index contributed by atoms with van der Waals surface area (Å²) in [6, 6.07) is 13.8. The van der Waals surface area contributed by atoms with E-state index in [1.807, 2.05) is 36.4 Å². The molecule has 1 N–H and O–H groups in total. The van der Waals surface area contributed by atoms with E-state index in [0.29, 0.717) is 12.8 Å². The molecule has 0 spiro atoms. The van der Waals surface area contributed by atoms with Crippen molar-refractivity contribution in [1.29, 1.82) is 5.26 Å². The first kappa shape index (κ1) is 21.6. The monoisotopic (exact) mass is 408 g/mol. The lowest BCUT2D eigenvalue weighted by Gasteiger charge is -2.32. The predicted octanol–water partition coefficient (Wildman–Crippen LogP) is 4.23. The van der Waals surface area contributed by atoms with E-state index in [4.69, 9.17) is 9.47 Å². The number of benzene rings is 2. The molecule has 2 aromatic rings. The molecule has 0 aliphatic heterocycles. The number of carbonyl (C=O) groups excluding carboxylic acids is 2. The van der Waals surface area contributed by atoms with Crippen molar-refractivity contribution in [2.24, 2.45) is 0 Å². The van der Waals surface area contributed by atoms with Crippen LogP contribution in [-0.2, 0) is 14.3 Å². The number of methoxy groups -OCH3 is 1. The van der Waals surface area contributed by atoms with Gasteiger partial charge in [-0.1, -0.05) is 43.5 Å². The Balaban J connectivity index is 1.65. The summed E-state index contributed by atoms with van der Waals surface area (Å²) in [6.45, 7) is 3.30. The molecule has 1 aliphatic carbocycles. The van der Waals surface area contributed by atoms with Crippen molar-refractivity contribution in [1.82, 2.24) is 5.32 Å². The summed E-state index contributed by atoms with van der Waals surface area (Å²) in [7, 11) is 1.62. The van der Waals surface area contributed by atoms with Gasteiger partial charge in [0.2, 0.25) is 0 Å². The Morgan fingerprint density at radius 1 is 1.07 bits per heavy atom. The minimum atomic E-state index is -0.961. The highest BCUT2D eigenvalue weighted by Gasteiger charge is 2.35. The maximum atomic E-state index is 12.6. The quantitative estimate of drug-likeness (QED) is 0.723. The number of fused-ring (bicyclic) bond motifs is 1. The fraction of sp³-hybridized carbons (Fsp3) is 0.458. The van der Waals surface area contributed by atoms with Crippen LogP contribution in [0.4, 0.5) is 0 Å². The van der Waals surface area contributed by atoms with Crippen LogP contribution in [0.3, 0.4) is 0 Å². The van der Waals surface area contributed by atoms with Crippen molar-refractivity contribution in [2.75, 3.05) is 7.11 Å². The van der Waals surface area contributed by atoms with Crippen LogP contribution in [0, 0.1) is 11.3 Å². The Labute approximate surface area is 177 Å². The molecule has 0 bridgehead atoms. The molecule has 1 fully saturated rings. The second-order valence-electron chi connectivity index (χ2n) is 8.02. The number of esters is 1. The number of nitrogens with one attached hydrogen (secondary N) is 1. The van der Waals surface area contributed by atoms with E-state index in [-0.39, 0.29) is 0 Å². The van der Waals surface area contributed by atoms with E-state index in [0.717, 1.165) is 41.3 Å². The van der Waals surface area contributed by atoms with Gasteiger partial charge in [0, 0.05) is 0 Å². The summed E-state index contributed by atoms with van der Waals surface area (Å²) in [5, 5.41) is 14.3. The van der Waals surface area contributed by atoms with Crippen molar-refractivity contribution < 1.29 is 19.1 Å². The van der Waals surface area contributed by atoms with E-state index in [2.05, 4.69) is 11.4 Å². The Bertz CT molecular complexity index is 973. The molecule has 0 heterocycles. The third kappa shape index (κ3) is 4.73. The van der Waals surface area contributed by atoms with E-state index >= 15 is 0 Å². The molecule has 1 amide bonds. The highest BCUT2D eigenvalue weighted by molar-refractivity contribution is 5.88. The normalized spacial score (nSPS) is 17.4. The lowest BCUT2D eigenvalue weighted by atomic mass is 9.83.